The summed E-state index contributed by atoms with van der Waals surface area (Å²) in [5, 5.41) is 12.6. The van der Waals surface area contributed by atoms with Gasteiger partial charge in [-0.25, -0.2) is 9.97 Å². The second kappa shape index (κ2) is 6.14. The summed E-state index contributed by atoms with van der Waals surface area (Å²) in [6.07, 6.45) is 4.43. The molecule has 2 rings (SSSR count). The van der Waals surface area contributed by atoms with Crippen molar-refractivity contribution in [2.24, 2.45) is 7.05 Å². The van der Waals surface area contributed by atoms with Crippen LogP contribution in [0.1, 0.15) is 13.3 Å². The van der Waals surface area contributed by atoms with E-state index in [0.717, 1.165) is 27.6 Å². The largest absolute Gasteiger partial charge is 0.354 e. The number of aromatic nitrogens is 5. The summed E-state index contributed by atoms with van der Waals surface area (Å²) in [6.45, 7) is 2.96. The topological polar surface area (TPSA) is 68.5 Å². The molecule has 0 saturated carbocycles. The molecule has 0 aromatic carbocycles. The third-order valence-corrected chi connectivity index (χ3v) is 4.00. The maximum absolute atomic E-state index is 4.44. The fourth-order valence-corrected chi connectivity index (χ4v) is 2.36. The normalized spacial score (nSPS) is 10.6. The van der Waals surface area contributed by atoms with E-state index in [1.54, 1.807) is 12.5 Å². The third kappa shape index (κ3) is 3.20. The summed E-state index contributed by atoms with van der Waals surface area (Å²) >= 11 is 4.88. The maximum atomic E-state index is 4.44. The van der Waals surface area contributed by atoms with E-state index in [1.165, 1.54) is 11.8 Å². The van der Waals surface area contributed by atoms with Crippen LogP contribution < -0.4 is 5.32 Å². The second-order valence-electron chi connectivity index (χ2n) is 3.60. The monoisotopic (exact) mass is 328 g/mol. The minimum atomic E-state index is 0.629. The number of halogens is 1. The van der Waals surface area contributed by atoms with Gasteiger partial charge in [-0.15, -0.1) is 10.2 Å². The van der Waals surface area contributed by atoms with Crippen LogP contribution in [0.2, 0.25) is 0 Å². The lowest BCUT2D eigenvalue weighted by atomic mass is 10.5. The Bertz CT molecular complexity index is 529. The van der Waals surface area contributed by atoms with E-state index in [2.05, 4.69) is 48.3 Å². The molecule has 0 radical (unpaired) electrons. The SMILES string of the molecule is CCCNc1ncc(Br)c(Sc2nncn2C)n1. The van der Waals surface area contributed by atoms with Crippen molar-refractivity contribution in [3.8, 4) is 0 Å². The Kier molecular flexibility index (Phi) is 4.54. The molecule has 6 nitrogen and oxygen atoms in total. The molecule has 0 atom stereocenters. The van der Waals surface area contributed by atoms with Gasteiger partial charge in [0.05, 0.1) is 4.47 Å². The minimum Gasteiger partial charge on any atom is -0.354 e. The van der Waals surface area contributed by atoms with Gasteiger partial charge in [0, 0.05) is 19.8 Å². The minimum absolute atomic E-state index is 0.629. The molecule has 0 bridgehead atoms. The fraction of sp³-hybridized carbons (Fsp3) is 0.400. The average Bonchev–Trinajstić information content (AvgIpc) is 2.76. The lowest BCUT2D eigenvalue weighted by Gasteiger charge is -2.06. The Morgan fingerprint density at radius 1 is 1.50 bits per heavy atom. The summed E-state index contributed by atoms with van der Waals surface area (Å²) in [6, 6.07) is 0. The first-order chi connectivity index (χ1) is 8.70. The highest BCUT2D eigenvalue weighted by atomic mass is 79.9. The summed E-state index contributed by atoms with van der Waals surface area (Å²) in [7, 11) is 1.90. The van der Waals surface area contributed by atoms with Gasteiger partial charge in [-0.2, -0.15) is 0 Å². The zero-order valence-electron chi connectivity index (χ0n) is 10.1. The zero-order chi connectivity index (χ0) is 13.0. The van der Waals surface area contributed by atoms with Crippen molar-refractivity contribution in [1.82, 2.24) is 24.7 Å². The zero-order valence-corrected chi connectivity index (χ0v) is 12.5. The van der Waals surface area contributed by atoms with E-state index in [0.29, 0.717) is 5.95 Å². The number of aryl methyl sites for hydroxylation is 1. The predicted octanol–water partition coefficient (Wildman–Crippen LogP) is 2.34. The molecule has 8 heteroatoms. The van der Waals surface area contributed by atoms with Gasteiger partial charge in [0.2, 0.25) is 5.95 Å². The summed E-state index contributed by atoms with van der Waals surface area (Å²) < 4.78 is 2.69. The van der Waals surface area contributed by atoms with Gasteiger partial charge >= 0.3 is 0 Å². The Morgan fingerprint density at radius 2 is 2.33 bits per heavy atom. The van der Waals surface area contributed by atoms with Crippen molar-refractivity contribution in [2.75, 3.05) is 11.9 Å². The van der Waals surface area contributed by atoms with E-state index in [1.807, 2.05) is 11.6 Å². The number of nitrogens with zero attached hydrogens (tertiary/aromatic N) is 5. The molecule has 2 aromatic rings. The first kappa shape index (κ1) is 13.3. The molecular weight excluding hydrogens is 316 g/mol. The molecule has 0 amide bonds. The number of hydrogen-bond acceptors (Lipinski definition) is 6. The Morgan fingerprint density at radius 3 is 3.00 bits per heavy atom. The van der Waals surface area contributed by atoms with E-state index >= 15 is 0 Å². The molecule has 2 aromatic heterocycles. The lowest BCUT2D eigenvalue weighted by molar-refractivity contribution is 0.786. The molecule has 0 spiro atoms. The highest BCUT2D eigenvalue weighted by Crippen LogP contribution is 2.30. The first-order valence-corrected chi connectivity index (χ1v) is 7.10. The van der Waals surface area contributed by atoms with Crippen LogP contribution in [0.25, 0.3) is 0 Å². The molecule has 1 N–H and O–H groups in total. The maximum Gasteiger partial charge on any atom is 0.223 e. The van der Waals surface area contributed by atoms with Gasteiger partial charge in [-0.3, -0.25) is 0 Å². The predicted molar refractivity (Wildman–Crippen MR) is 73.6 cm³/mol. The second-order valence-corrected chi connectivity index (χ2v) is 5.41. The lowest BCUT2D eigenvalue weighted by Crippen LogP contribution is -2.04. The van der Waals surface area contributed by atoms with Crippen LogP contribution in [-0.2, 0) is 7.05 Å². The average molecular weight is 329 g/mol. The van der Waals surface area contributed by atoms with Crippen molar-refractivity contribution >= 4 is 33.6 Å². The Labute approximate surface area is 118 Å². The van der Waals surface area contributed by atoms with Crippen molar-refractivity contribution in [1.29, 1.82) is 0 Å². The van der Waals surface area contributed by atoms with Crippen LogP contribution in [0, 0.1) is 0 Å². The third-order valence-electron chi connectivity index (χ3n) is 2.10. The summed E-state index contributed by atoms with van der Waals surface area (Å²) in [5.41, 5.74) is 0. The van der Waals surface area contributed by atoms with Gasteiger partial charge in [0.25, 0.3) is 0 Å². The van der Waals surface area contributed by atoms with Gasteiger partial charge < -0.3 is 9.88 Å². The van der Waals surface area contributed by atoms with Crippen molar-refractivity contribution in [3.63, 3.8) is 0 Å². The standard InChI is InChI=1S/C10H13BrN6S/c1-3-4-12-9-13-5-7(11)8(15-9)18-10-16-14-6-17(10)2/h5-6H,3-4H2,1-2H3,(H,12,13,15). The van der Waals surface area contributed by atoms with E-state index in [4.69, 9.17) is 0 Å². The molecule has 0 aliphatic rings. The molecule has 0 unspecified atom stereocenters. The van der Waals surface area contributed by atoms with Gasteiger partial charge in [0.1, 0.15) is 11.4 Å². The highest BCUT2D eigenvalue weighted by Gasteiger charge is 2.10. The molecular formula is C10H13BrN6S. The molecule has 18 heavy (non-hydrogen) atoms. The molecule has 0 saturated heterocycles. The number of rotatable bonds is 5. The van der Waals surface area contributed by atoms with Crippen LogP contribution in [0.5, 0.6) is 0 Å². The number of nitrogens with one attached hydrogen (secondary N) is 1. The van der Waals surface area contributed by atoms with E-state index in [-0.39, 0.29) is 0 Å². The Hall–Kier alpha value is -1.15. The molecule has 2 heterocycles. The first-order valence-electron chi connectivity index (χ1n) is 5.49. The van der Waals surface area contributed by atoms with Gasteiger partial charge in [0.15, 0.2) is 5.16 Å². The molecule has 0 aliphatic carbocycles. The fourth-order valence-electron chi connectivity index (χ4n) is 1.20. The Balaban J connectivity index is 2.18. The van der Waals surface area contributed by atoms with Gasteiger partial charge in [-0.05, 0) is 34.1 Å². The summed E-state index contributed by atoms with van der Waals surface area (Å²) in [5.74, 6) is 0.629. The molecule has 96 valence electrons. The van der Waals surface area contributed by atoms with Crippen molar-refractivity contribution in [2.45, 2.75) is 23.5 Å². The highest BCUT2D eigenvalue weighted by molar-refractivity contribution is 9.10. The van der Waals surface area contributed by atoms with E-state index in [9.17, 15) is 0 Å². The summed E-state index contributed by atoms with van der Waals surface area (Å²) in [4.78, 5) is 8.64. The van der Waals surface area contributed by atoms with Crippen LogP contribution in [-0.4, -0.2) is 31.3 Å². The molecule has 0 aliphatic heterocycles. The van der Waals surface area contributed by atoms with Crippen LogP contribution in [0.4, 0.5) is 5.95 Å². The van der Waals surface area contributed by atoms with Crippen LogP contribution >= 0.6 is 27.7 Å². The number of anilines is 1. The van der Waals surface area contributed by atoms with Gasteiger partial charge in [-0.1, -0.05) is 6.92 Å². The van der Waals surface area contributed by atoms with Crippen molar-refractivity contribution in [3.05, 3.63) is 17.0 Å². The van der Waals surface area contributed by atoms with E-state index < -0.39 is 0 Å². The smallest absolute Gasteiger partial charge is 0.223 e. The molecule has 0 fully saturated rings. The quantitative estimate of drug-likeness (QED) is 0.849. The number of hydrogen-bond donors (Lipinski definition) is 1. The van der Waals surface area contributed by atoms with Crippen LogP contribution in [0.3, 0.4) is 0 Å². The van der Waals surface area contributed by atoms with Crippen molar-refractivity contribution < 1.29 is 0 Å². The van der Waals surface area contributed by atoms with Crippen LogP contribution in [0.15, 0.2) is 27.2 Å².